The third-order valence-corrected chi connectivity index (χ3v) is 4.34. The quantitative estimate of drug-likeness (QED) is 0.743. The second-order valence-corrected chi connectivity index (χ2v) is 5.50. The number of nitriles is 2. The van der Waals surface area contributed by atoms with Gasteiger partial charge in [-0.25, -0.2) is 4.79 Å². The highest BCUT2D eigenvalue weighted by molar-refractivity contribution is 6.30. The van der Waals surface area contributed by atoms with E-state index < -0.39 is 34.6 Å². The monoisotopic (exact) mass is 314 g/mol. The first-order valence-corrected chi connectivity index (χ1v) is 6.56. The van der Waals surface area contributed by atoms with E-state index in [2.05, 4.69) is 0 Å². The molecule has 1 saturated heterocycles. The van der Waals surface area contributed by atoms with Crippen LogP contribution in [0.2, 0.25) is 5.02 Å². The highest BCUT2D eigenvalue weighted by Crippen LogP contribution is 2.74. The summed E-state index contributed by atoms with van der Waals surface area (Å²) in [6.07, 6.45) is 0. The number of nitrogens with one attached hydrogen (secondary N) is 2. The molecular weight excluding hydrogens is 308 g/mol. The number of nitrogens with zero attached hydrogens (tertiary/aromatic N) is 2. The molecule has 1 aliphatic carbocycles. The number of hydrogen-bond acceptors (Lipinski definition) is 5. The van der Waals surface area contributed by atoms with Crippen LogP contribution in [0.1, 0.15) is 11.5 Å². The van der Waals surface area contributed by atoms with Crippen molar-refractivity contribution in [1.82, 2.24) is 10.6 Å². The Balaban J connectivity index is 2.21. The number of rotatable bonds is 1. The highest BCUT2D eigenvalue weighted by Gasteiger charge is 2.88. The molecule has 3 rings (SSSR count). The number of imide groups is 2. The zero-order valence-electron chi connectivity index (χ0n) is 10.9. The number of carbonyl (C=O) groups is 3. The van der Waals surface area contributed by atoms with Crippen molar-refractivity contribution in [3.8, 4) is 12.1 Å². The fraction of sp³-hybridized carbons (Fsp3) is 0.214. The van der Waals surface area contributed by atoms with E-state index in [9.17, 15) is 24.9 Å². The van der Waals surface area contributed by atoms with E-state index in [4.69, 9.17) is 11.6 Å². The molecule has 0 bridgehead atoms. The van der Waals surface area contributed by atoms with Crippen molar-refractivity contribution in [2.45, 2.75) is 5.92 Å². The molecule has 2 N–H and O–H groups in total. The van der Waals surface area contributed by atoms with E-state index >= 15 is 0 Å². The van der Waals surface area contributed by atoms with E-state index in [0.29, 0.717) is 10.6 Å². The van der Waals surface area contributed by atoms with Gasteiger partial charge in [-0.3, -0.25) is 20.2 Å². The van der Waals surface area contributed by atoms with Crippen molar-refractivity contribution in [3.63, 3.8) is 0 Å². The predicted octanol–water partition coefficient (Wildman–Crippen LogP) is 0.823. The maximum absolute atomic E-state index is 12.3. The number of carbonyl (C=O) groups excluding carboxylic acids is 3. The van der Waals surface area contributed by atoms with Crippen LogP contribution in [0.4, 0.5) is 4.79 Å². The average molecular weight is 315 g/mol. The zero-order valence-corrected chi connectivity index (χ0v) is 11.6. The minimum atomic E-state index is -1.95. The summed E-state index contributed by atoms with van der Waals surface area (Å²) in [5.74, 6) is -2.90. The summed E-state index contributed by atoms with van der Waals surface area (Å²) in [5.41, 5.74) is -3.42. The van der Waals surface area contributed by atoms with Gasteiger partial charge < -0.3 is 0 Å². The topological polar surface area (TPSA) is 123 Å². The smallest absolute Gasteiger partial charge is 0.277 e. The predicted molar refractivity (Wildman–Crippen MR) is 72.0 cm³/mol. The van der Waals surface area contributed by atoms with Crippen molar-refractivity contribution in [3.05, 3.63) is 34.9 Å². The molecule has 1 saturated carbocycles. The largest absolute Gasteiger partial charge is 0.328 e. The van der Waals surface area contributed by atoms with Crippen LogP contribution in [0.15, 0.2) is 24.3 Å². The Labute approximate surface area is 129 Å². The third-order valence-electron chi connectivity index (χ3n) is 4.11. The van der Waals surface area contributed by atoms with Gasteiger partial charge in [0.1, 0.15) is 0 Å². The first-order chi connectivity index (χ1) is 10.4. The normalized spacial score (nSPS) is 24.0. The van der Waals surface area contributed by atoms with Crippen molar-refractivity contribution < 1.29 is 14.4 Å². The van der Waals surface area contributed by atoms with Gasteiger partial charge in [0.15, 0.2) is 10.8 Å². The molecule has 1 aromatic rings. The second-order valence-electron chi connectivity index (χ2n) is 5.07. The Hall–Kier alpha value is -2.90. The Morgan fingerprint density at radius 1 is 1.09 bits per heavy atom. The molecule has 2 aliphatic rings. The minimum Gasteiger partial charge on any atom is -0.277 e. The first kappa shape index (κ1) is 14.1. The van der Waals surface area contributed by atoms with Crippen LogP contribution < -0.4 is 10.6 Å². The molecule has 8 heteroatoms. The molecule has 2 fully saturated rings. The van der Waals surface area contributed by atoms with Crippen molar-refractivity contribution in [2.24, 2.45) is 10.8 Å². The van der Waals surface area contributed by atoms with E-state index in [1.165, 1.54) is 6.07 Å². The highest BCUT2D eigenvalue weighted by atomic mass is 35.5. The summed E-state index contributed by atoms with van der Waals surface area (Å²) in [5, 5.41) is 23.1. The SMILES string of the molecule is N#CC1(C#N)C(c2cccc(Cl)c2)C12C(=O)NC(=O)NC2=O. The molecular formula is C14H7ClN4O3. The molecule has 7 nitrogen and oxygen atoms in total. The Kier molecular flexibility index (Phi) is 2.74. The van der Waals surface area contributed by atoms with Gasteiger partial charge in [-0.2, -0.15) is 10.5 Å². The summed E-state index contributed by atoms with van der Waals surface area (Å²) in [7, 11) is 0. The van der Waals surface area contributed by atoms with Crippen LogP contribution in [0.25, 0.3) is 0 Å². The lowest BCUT2D eigenvalue weighted by atomic mass is 9.91. The summed E-state index contributed by atoms with van der Waals surface area (Å²) < 4.78 is 0. The van der Waals surface area contributed by atoms with Crippen LogP contribution in [0.5, 0.6) is 0 Å². The van der Waals surface area contributed by atoms with Gasteiger partial charge in [-0.1, -0.05) is 23.7 Å². The van der Waals surface area contributed by atoms with Gasteiger partial charge in [0.05, 0.1) is 12.1 Å². The molecule has 108 valence electrons. The standard InChI is InChI=1S/C14H7ClN4O3/c15-8-3-1-2-7(4-8)9-13(5-16,6-17)14(9)10(20)18-12(22)19-11(14)21/h1-4,9H,(H2,18,19,20,21,22). The lowest BCUT2D eigenvalue weighted by molar-refractivity contribution is -0.139. The summed E-state index contributed by atoms with van der Waals surface area (Å²) >= 11 is 5.90. The lowest BCUT2D eigenvalue weighted by Gasteiger charge is -2.21. The van der Waals surface area contributed by atoms with Gasteiger partial charge >= 0.3 is 6.03 Å². The molecule has 4 amide bonds. The van der Waals surface area contributed by atoms with Gasteiger partial charge in [0.25, 0.3) is 0 Å². The van der Waals surface area contributed by atoms with E-state index in [-0.39, 0.29) is 0 Å². The molecule has 22 heavy (non-hydrogen) atoms. The molecule has 1 aliphatic heterocycles. The summed E-state index contributed by atoms with van der Waals surface area (Å²) in [4.78, 5) is 35.8. The first-order valence-electron chi connectivity index (χ1n) is 6.19. The van der Waals surface area contributed by atoms with Gasteiger partial charge in [0.2, 0.25) is 11.8 Å². The molecule has 1 spiro atoms. The van der Waals surface area contributed by atoms with E-state index in [1.54, 1.807) is 30.3 Å². The molecule has 0 aromatic heterocycles. The molecule has 1 aromatic carbocycles. The second kappa shape index (κ2) is 4.30. The fourth-order valence-electron chi connectivity index (χ4n) is 3.15. The lowest BCUT2D eigenvalue weighted by Crippen LogP contribution is -2.59. The zero-order chi connectivity index (χ0) is 16.1. The number of urea groups is 1. The molecule has 1 heterocycles. The number of amides is 4. The van der Waals surface area contributed by atoms with Gasteiger partial charge in [0, 0.05) is 10.9 Å². The maximum atomic E-state index is 12.3. The summed E-state index contributed by atoms with van der Waals surface area (Å²) in [6, 6.07) is 8.81. The van der Waals surface area contributed by atoms with Gasteiger partial charge in [-0.15, -0.1) is 0 Å². The summed E-state index contributed by atoms with van der Waals surface area (Å²) in [6.45, 7) is 0. The Bertz CT molecular complexity index is 786. The number of hydrogen-bond donors (Lipinski definition) is 2. The molecule has 0 radical (unpaired) electrons. The molecule has 1 unspecified atom stereocenters. The number of halogens is 1. The van der Waals surface area contributed by atoms with Crippen molar-refractivity contribution in [1.29, 1.82) is 10.5 Å². The van der Waals surface area contributed by atoms with Crippen LogP contribution in [-0.2, 0) is 9.59 Å². The van der Waals surface area contributed by atoms with E-state index in [0.717, 1.165) is 0 Å². The van der Waals surface area contributed by atoms with Crippen LogP contribution in [0, 0.1) is 33.5 Å². The Morgan fingerprint density at radius 2 is 1.68 bits per heavy atom. The number of benzene rings is 1. The Morgan fingerprint density at radius 3 is 2.18 bits per heavy atom. The van der Waals surface area contributed by atoms with Crippen molar-refractivity contribution >= 4 is 29.4 Å². The molecule has 1 atom stereocenters. The van der Waals surface area contributed by atoms with Crippen LogP contribution in [0.3, 0.4) is 0 Å². The third kappa shape index (κ3) is 1.41. The minimum absolute atomic E-state index is 0.344. The van der Waals surface area contributed by atoms with Crippen LogP contribution >= 0.6 is 11.6 Å². The van der Waals surface area contributed by atoms with Crippen molar-refractivity contribution in [2.75, 3.05) is 0 Å². The fourth-order valence-corrected chi connectivity index (χ4v) is 3.35. The van der Waals surface area contributed by atoms with Crippen LogP contribution in [-0.4, -0.2) is 17.8 Å². The van der Waals surface area contributed by atoms with Gasteiger partial charge in [-0.05, 0) is 17.7 Å². The number of barbiturate groups is 1. The average Bonchev–Trinajstić information content (AvgIpc) is 3.10. The van der Waals surface area contributed by atoms with E-state index in [1.807, 2.05) is 10.6 Å². The maximum Gasteiger partial charge on any atom is 0.328 e.